The molecule has 0 spiro atoms. The minimum Gasteiger partial charge on any atom is -0.352 e. The smallest absolute Gasteiger partial charge is 0.193 e. The first kappa shape index (κ1) is 17.8. The molecule has 114 valence electrons. The molecule has 0 saturated carbocycles. The topological polar surface area (TPSA) is 27.6 Å². The van der Waals surface area contributed by atoms with Crippen LogP contribution in [0.1, 0.15) is 32.3 Å². The Kier molecular flexibility index (Phi) is 7.87. The summed E-state index contributed by atoms with van der Waals surface area (Å²) < 4.78 is 0. The van der Waals surface area contributed by atoms with Crippen molar-refractivity contribution in [1.29, 1.82) is 0 Å². The fraction of sp³-hybridized carbons (Fsp3) is 0.667. The Bertz CT molecular complexity index is 403. The minimum atomic E-state index is 0. The fourth-order valence-corrected chi connectivity index (χ4v) is 3.46. The summed E-state index contributed by atoms with van der Waals surface area (Å²) in [6.45, 7) is 7.79. The molecule has 1 fully saturated rings. The van der Waals surface area contributed by atoms with Crippen molar-refractivity contribution in [3.05, 3.63) is 22.4 Å². The number of hydrogen-bond acceptors (Lipinski definition) is 2. The largest absolute Gasteiger partial charge is 0.352 e. The Balaban J connectivity index is 0.00000200. The molecule has 0 amide bonds. The number of hydrogen-bond donors (Lipinski definition) is 1. The maximum Gasteiger partial charge on any atom is 0.193 e. The molecule has 1 aromatic heterocycles. The minimum absolute atomic E-state index is 0. The third kappa shape index (κ3) is 5.24. The van der Waals surface area contributed by atoms with Crippen LogP contribution in [0.25, 0.3) is 0 Å². The Morgan fingerprint density at radius 2 is 2.35 bits per heavy atom. The molecule has 3 nitrogen and oxygen atoms in total. The van der Waals surface area contributed by atoms with E-state index < -0.39 is 0 Å². The summed E-state index contributed by atoms with van der Waals surface area (Å²) in [5, 5.41) is 7.78. The molecule has 5 heteroatoms. The van der Waals surface area contributed by atoms with Crippen LogP contribution in [0.3, 0.4) is 0 Å². The van der Waals surface area contributed by atoms with Crippen LogP contribution in [-0.2, 0) is 6.54 Å². The summed E-state index contributed by atoms with van der Waals surface area (Å²) in [6, 6.07) is 2.16. The van der Waals surface area contributed by atoms with Crippen molar-refractivity contribution in [3.63, 3.8) is 0 Å². The molecule has 1 atom stereocenters. The first-order chi connectivity index (χ1) is 9.19. The molecule has 1 unspecified atom stereocenters. The normalized spacial score (nSPS) is 19.3. The zero-order chi connectivity index (χ0) is 13.7. The van der Waals surface area contributed by atoms with E-state index in [0.717, 1.165) is 37.4 Å². The van der Waals surface area contributed by atoms with Crippen LogP contribution < -0.4 is 5.32 Å². The molecular weight excluding hydrogens is 381 g/mol. The van der Waals surface area contributed by atoms with Gasteiger partial charge >= 0.3 is 0 Å². The summed E-state index contributed by atoms with van der Waals surface area (Å²) >= 11 is 1.74. The van der Waals surface area contributed by atoms with Gasteiger partial charge in [-0.05, 0) is 47.1 Å². The molecule has 2 rings (SSSR count). The predicted octanol–water partition coefficient (Wildman–Crippen LogP) is 3.81. The SMILES string of the molecule is CN=C(NCc1ccsc1)N1CCC(CC(C)C)C1.I. The highest BCUT2D eigenvalue weighted by Crippen LogP contribution is 2.23. The summed E-state index contributed by atoms with van der Waals surface area (Å²) in [5.41, 5.74) is 1.34. The van der Waals surface area contributed by atoms with Crippen molar-refractivity contribution in [2.45, 2.75) is 33.2 Å². The summed E-state index contributed by atoms with van der Waals surface area (Å²) in [5.74, 6) is 2.68. The van der Waals surface area contributed by atoms with E-state index in [1.165, 1.54) is 18.4 Å². The summed E-state index contributed by atoms with van der Waals surface area (Å²) in [7, 11) is 1.88. The molecule has 1 aliphatic rings. The van der Waals surface area contributed by atoms with E-state index in [0.29, 0.717) is 0 Å². The molecule has 1 saturated heterocycles. The summed E-state index contributed by atoms with van der Waals surface area (Å²) in [4.78, 5) is 6.82. The third-order valence-electron chi connectivity index (χ3n) is 3.63. The molecule has 2 heterocycles. The maximum absolute atomic E-state index is 4.42. The van der Waals surface area contributed by atoms with Gasteiger partial charge in [0.2, 0.25) is 0 Å². The van der Waals surface area contributed by atoms with Gasteiger partial charge in [0, 0.05) is 26.7 Å². The summed E-state index contributed by atoms with van der Waals surface area (Å²) in [6.07, 6.45) is 2.63. The van der Waals surface area contributed by atoms with Gasteiger partial charge in [0.15, 0.2) is 5.96 Å². The van der Waals surface area contributed by atoms with E-state index in [9.17, 15) is 0 Å². The first-order valence-electron chi connectivity index (χ1n) is 7.15. The van der Waals surface area contributed by atoms with Crippen molar-refractivity contribution < 1.29 is 0 Å². The van der Waals surface area contributed by atoms with Crippen molar-refractivity contribution in [1.82, 2.24) is 10.2 Å². The van der Waals surface area contributed by atoms with Gasteiger partial charge in [0.05, 0.1) is 0 Å². The number of thiophene rings is 1. The lowest BCUT2D eigenvalue weighted by molar-refractivity contribution is 0.403. The second-order valence-corrected chi connectivity index (χ2v) is 6.54. The van der Waals surface area contributed by atoms with Gasteiger partial charge in [-0.25, -0.2) is 0 Å². The Morgan fingerprint density at radius 1 is 1.55 bits per heavy atom. The molecule has 0 aromatic carbocycles. The molecule has 1 aromatic rings. The second-order valence-electron chi connectivity index (χ2n) is 5.76. The second kappa shape index (κ2) is 8.87. The van der Waals surface area contributed by atoms with E-state index in [1.54, 1.807) is 11.3 Å². The number of rotatable bonds is 4. The van der Waals surface area contributed by atoms with E-state index in [2.05, 4.69) is 45.9 Å². The van der Waals surface area contributed by atoms with Crippen molar-refractivity contribution in [3.8, 4) is 0 Å². The number of guanidine groups is 1. The Hall–Kier alpha value is -0.300. The highest BCUT2D eigenvalue weighted by molar-refractivity contribution is 14.0. The van der Waals surface area contributed by atoms with Crippen LogP contribution >= 0.6 is 35.3 Å². The van der Waals surface area contributed by atoms with Crippen LogP contribution in [-0.4, -0.2) is 31.0 Å². The van der Waals surface area contributed by atoms with Gasteiger partial charge in [0.25, 0.3) is 0 Å². The average molecular weight is 407 g/mol. The van der Waals surface area contributed by atoms with Crippen LogP contribution in [0.5, 0.6) is 0 Å². The molecule has 0 aliphatic carbocycles. The number of likely N-dealkylation sites (tertiary alicyclic amines) is 1. The molecular formula is C15H26IN3S. The number of nitrogens with one attached hydrogen (secondary N) is 1. The zero-order valence-electron chi connectivity index (χ0n) is 12.6. The van der Waals surface area contributed by atoms with Gasteiger partial charge < -0.3 is 10.2 Å². The van der Waals surface area contributed by atoms with Gasteiger partial charge in [-0.3, -0.25) is 4.99 Å². The predicted molar refractivity (Wildman–Crippen MR) is 99.1 cm³/mol. The first-order valence-corrected chi connectivity index (χ1v) is 8.10. The van der Waals surface area contributed by atoms with Crippen molar-refractivity contribution in [2.24, 2.45) is 16.8 Å². The number of nitrogens with zero attached hydrogens (tertiary/aromatic N) is 2. The van der Waals surface area contributed by atoms with E-state index in [-0.39, 0.29) is 24.0 Å². The van der Waals surface area contributed by atoms with Gasteiger partial charge in [-0.2, -0.15) is 11.3 Å². The monoisotopic (exact) mass is 407 g/mol. The fourth-order valence-electron chi connectivity index (χ4n) is 2.79. The van der Waals surface area contributed by atoms with Gasteiger partial charge in [0.1, 0.15) is 0 Å². The van der Waals surface area contributed by atoms with E-state index >= 15 is 0 Å². The molecule has 20 heavy (non-hydrogen) atoms. The molecule has 0 bridgehead atoms. The standard InChI is InChI=1S/C15H25N3S.HI/c1-12(2)8-13-4-6-18(10-13)15(16-3)17-9-14-5-7-19-11-14;/h5,7,11-13H,4,6,8-10H2,1-3H3,(H,16,17);1H. The van der Waals surface area contributed by atoms with Crippen LogP contribution in [0.15, 0.2) is 21.8 Å². The third-order valence-corrected chi connectivity index (χ3v) is 4.36. The zero-order valence-corrected chi connectivity index (χ0v) is 15.8. The Labute approximate surface area is 143 Å². The number of halogens is 1. The molecule has 1 N–H and O–H groups in total. The lowest BCUT2D eigenvalue weighted by Gasteiger charge is -2.22. The Morgan fingerprint density at radius 3 is 2.95 bits per heavy atom. The van der Waals surface area contributed by atoms with Gasteiger partial charge in [-0.15, -0.1) is 24.0 Å². The maximum atomic E-state index is 4.42. The number of aliphatic imine (C=N–C) groups is 1. The van der Waals surface area contributed by atoms with Gasteiger partial charge in [-0.1, -0.05) is 13.8 Å². The van der Waals surface area contributed by atoms with Crippen molar-refractivity contribution in [2.75, 3.05) is 20.1 Å². The van der Waals surface area contributed by atoms with Crippen LogP contribution in [0, 0.1) is 11.8 Å². The average Bonchev–Trinajstić information content (AvgIpc) is 3.01. The lowest BCUT2D eigenvalue weighted by Crippen LogP contribution is -2.39. The molecule has 0 radical (unpaired) electrons. The molecule has 1 aliphatic heterocycles. The highest BCUT2D eigenvalue weighted by atomic mass is 127. The van der Waals surface area contributed by atoms with E-state index in [1.807, 2.05) is 7.05 Å². The lowest BCUT2D eigenvalue weighted by atomic mass is 9.97. The van der Waals surface area contributed by atoms with E-state index in [4.69, 9.17) is 0 Å². The quantitative estimate of drug-likeness (QED) is 0.467. The highest BCUT2D eigenvalue weighted by Gasteiger charge is 2.25. The van der Waals surface area contributed by atoms with Crippen LogP contribution in [0.2, 0.25) is 0 Å². The van der Waals surface area contributed by atoms with Crippen molar-refractivity contribution >= 4 is 41.3 Å². The van der Waals surface area contributed by atoms with Crippen LogP contribution in [0.4, 0.5) is 0 Å².